The summed E-state index contributed by atoms with van der Waals surface area (Å²) in [6, 6.07) is 12.3. The van der Waals surface area contributed by atoms with Gasteiger partial charge in [-0.3, -0.25) is 20.4 Å². The molecule has 2 aromatic rings. The minimum atomic E-state index is -0.390. The number of benzene rings is 2. The van der Waals surface area contributed by atoms with Crippen LogP contribution in [0.1, 0.15) is 11.1 Å². The SMILES string of the molecule is Cc1ccc(C)c(SCC(=O)NNC(=O)CSc2ccccc2F)c1. The second-order valence-corrected chi connectivity index (χ2v) is 7.41. The lowest BCUT2D eigenvalue weighted by molar-refractivity contribution is -0.126. The normalized spacial score (nSPS) is 10.4. The molecular formula is C18H19FN2O2S2. The molecule has 0 fully saturated rings. The Hall–Kier alpha value is -1.99. The van der Waals surface area contributed by atoms with Gasteiger partial charge in [-0.25, -0.2) is 4.39 Å². The Morgan fingerprint density at radius 2 is 1.52 bits per heavy atom. The maximum absolute atomic E-state index is 13.5. The fourth-order valence-corrected chi connectivity index (χ4v) is 3.59. The van der Waals surface area contributed by atoms with Crippen molar-refractivity contribution in [2.45, 2.75) is 23.6 Å². The van der Waals surface area contributed by atoms with E-state index in [-0.39, 0.29) is 23.2 Å². The van der Waals surface area contributed by atoms with Gasteiger partial charge in [0.15, 0.2) is 0 Å². The van der Waals surface area contributed by atoms with Gasteiger partial charge in [-0.05, 0) is 37.6 Å². The van der Waals surface area contributed by atoms with Gasteiger partial charge >= 0.3 is 0 Å². The van der Waals surface area contributed by atoms with Crippen molar-refractivity contribution in [3.8, 4) is 0 Å². The number of rotatable bonds is 6. The van der Waals surface area contributed by atoms with E-state index in [9.17, 15) is 14.0 Å². The number of aryl methyl sites for hydroxylation is 2. The highest BCUT2D eigenvalue weighted by Gasteiger charge is 2.09. The summed E-state index contributed by atoms with van der Waals surface area (Å²) >= 11 is 2.49. The van der Waals surface area contributed by atoms with Gasteiger partial charge in [0.2, 0.25) is 11.8 Å². The fraction of sp³-hybridized carbons (Fsp3) is 0.222. The van der Waals surface area contributed by atoms with Crippen LogP contribution >= 0.6 is 23.5 Å². The maximum Gasteiger partial charge on any atom is 0.248 e. The minimum absolute atomic E-state index is 0.0192. The molecule has 132 valence electrons. The third kappa shape index (κ3) is 6.43. The molecule has 0 aliphatic rings. The first kappa shape index (κ1) is 19.3. The fourth-order valence-electron chi connectivity index (χ4n) is 1.92. The van der Waals surface area contributed by atoms with Crippen LogP contribution in [-0.2, 0) is 9.59 Å². The first-order valence-electron chi connectivity index (χ1n) is 7.61. The van der Waals surface area contributed by atoms with E-state index in [0.717, 1.165) is 27.8 Å². The van der Waals surface area contributed by atoms with Crippen LogP contribution in [0.4, 0.5) is 4.39 Å². The van der Waals surface area contributed by atoms with Crippen molar-refractivity contribution in [1.29, 1.82) is 0 Å². The van der Waals surface area contributed by atoms with Gasteiger partial charge < -0.3 is 0 Å². The molecule has 7 heteroatoms. The average Bonchev–Trinajstić information content (AvgIpc) is 2.60. The number of hydrogen-bond donors (Lipinski definition) is 2. The highest BCUT2D eigenvalue weighted by molar-refractivity contribution is 8.00. The molecule has 0 saturated heterocycles. The predicted octanol–water partition coefficient (Wildman–Crippen LogP) is 3.47. The summed E-state index contributed by atoms with van der Waals surface area (Å²) in [5.74, 6) is -0.834. The lowest BCUT2D eigenvalue weighted by atomic mass is 10.2. The Kier molecular flexibility index (Phi) is 7.33. The van der Waals surface area contributed by atoms with Crippen molar-refractivity contribution in [3.05, 3.63) is 59.4 Å². The Morgan fingerprint density at radius 3 is 2.16 bits per heavy atom. The second kappa shape index (κ2) is 9.48. The molecule has 0 aliphatic heterocycles. The van der Waals surface area contributed by atoms with E-state index >= 15 is 0 Å². The summed E-state index contributed by atoms with van der Waals surface area (Å²) in [6.45, 7) is 3.98. The Bertz CT molecular complexity index is 768. The Labute approximate surface area is 154 Å². The molecule has 0 unspecified atom stereocenters. The van der Waals surface area contributed by atoms with E-state index < -0.39 is 5.91 Å². The van der Waals surface area contributed by atoms with E-state index in [2.05, 4.69) is 10.9 Å². The molecule has 2 amide bonds. The van der Waals surface area contributed by atoms with Crippen molar-refractivity contribution in [1.82, 2.24) is 10.9 Å². The Balaban J connectivity index is 1.71. The van der Waals surface area contributed by atoms with Crippen LogP contribution in [0.25, 0.3) is 0 Å². The molecule has 0 radical (unpaired) electrons. The molecule has 2 aromatic carbocycles. The predicted molar refractivity (Wildman–Crippen MR) is 100 cm³/mol. The molecule has 4 nitrogen and oxygen atoms in total. The zero-order chi connectivity index (χ0) is 18.2. The summed E-state index contributed by atoms with van der Waals surface area (Å²) < 4.78 is 13.5. The number of carbonyl (C=O) groups excluding carboxylic acids is 2. The molecule has 0 aliphatic carbocycles. The van der Waals surface area contributed by atoms with Gasteiger partial charge in [0.25, 0.3) is 0 Å². The third-order valence-electron chi connectivity index (χ3n) is 3.24. The number of hydrogen-bond acceptors (Lipinski definition) is 4. The lowest BCUT2D eigenvalue weighted by Crippen LogP contribution is -2.43. The van der Waals surface area contributed by atoms with Gasteiger partial charge in [0, 0.05) is 9.79 Å². The first-order chi connectivity index (χ1) is 12.0. The zero-order valence-corrected chi connectivity index (χ0v) is 15.6. The summed E-state index contributed by atoms with van der Waals surface area (Å²) in [7, 11) is 0. The zero-order valence-electron chi connectivity index (χ0n) is 14.0. The summed E-state index contributed by atoms with van der Waals surface area (Å²) in [5, 5.41) is 0. The van der Waals surface area contributed by atoms with Crippen LogP contribution in [0, 0.1) is 19.7 Å². The van der Waals surface area contributed by atoms with Crippen LogP contribution < -0.4 is 10.9 Å². The quantitative estimate of drug-likeness (QED) is 0.597. The molecule has 25 heavy (non-hydrogen) atoms. The minimum Gasteiger partial charge on any atom is -0.272 e. The summed E-state index contributed by atoms with van der Waals surface area (Å²) in [6.07, 6.45) is 0. The molecule has 0 heterocycles. The molecule has 0 bridgehead atoms. The molecule has 0 aromatic heterocycles. The van der Waals surface area contributed by atoms with Gasteiger partial charge in [-0.1, -0.05) is 29.8 Å². The number of amides is 2. The molecule has 0 atom stereocenters. The van der Waals surface area contributed by atoms with Crippen LogP contribution in [0.5, 0.6) is 0 Å². The van der Waals surface area contributed by atoms with Gasteiger partial charge in [0.1, 0.15) is 5.82 Å². The second-order valence-electron chi connectivity index (χ2n) is 5.37. The Morgan fingerprint density at radius 1 is 0.920 bits per heavy atom. The standard InChI is InChI=1S/C18H19FN2O2S2/c1-12-7-8-13(2)16(9-12)25-11-18(23)21-20-17(22)10-24-15-6-4-3-5-14(15)19/h3-9H,10-11H2,1-2H3,(H,20,22)(H,21,23). The number of nitrogens with one attached hydrogen (secondary N) is 2. The van der Waals surface area contributed by atoms with Crippen LogP contribution in [0.15, 0.2) is 52.3 Å². The van der Waals surface area contributed by atoms with Gasteiger partial charge in [-0.2, -0.15) is 0 Å². The van der Waals surface area contributed by atoms with Crippen LogP contribution in [-0.4, -0.2) is 23.3 Å². The topological polar surface area (TPSA) is 58.2 Å². The highest BCUT2D eigenvalue weighted by atomic mass is 32.2. The number of halogens is 1. The average molecular weight is 378 g/mol. The largest absolute Gasteiger partial charge is 0.272 e. The first-order valence-corrected chi connectivity index (χ1v) is 9.58. The number of hydrazine groups is 1. The van der Waals surface area contributed by atoms with Crippen molar-refractivity contribution in [2.24, 2.45) is 0 Å². The smallest absolute Gasteiger partial charge is 0.248 e. The maximum atomic E-state index is 13.5. The van der Waals surface area contributed by atoms with E-state index in [1.807, 2.05) is 32.0 Å². The van der Waals surface area contributed by atoms with Crippen molar-refractivity contribution < 1.29 is 14.0 Å². The van der Waals surface area contributed by atoms with E-state index in [1.165, 1.54) is 17.8 Å². The van der Waals surface area contributed by atoms with Crippen molar-refractivity contribution in [3.63, 3.8) is 0 Å². The number of carbonyl (C=O) groups is 2. The third-order valence-corrected chi connectivity index (χ3v) is 5.45. The van der Waals surface area contributed by atoms with Crippen molar-refractivity contribution >= 4 is 35.3 Å². The summed E-state index contributed by atoms with van der Waals surface area (Å²) in [5.41, 5.74) is 6.95. The van der Waals surface area contributed by atoms with E-state index in [1.54, 1.807) is 18.2 Å². The van der Waals surface area contributed by atoms with Crippen molar-refractivity contribution in [2.75, 3.05) is 11.5 Å². The molecule has 2 rings (SSSR count). The highest BCUT2D eigenvalue weighted by Crippen LogP contribution is 2.23. The van der Waals surface area contributed by atoms with Crippen LogP contribution in [0.2, 0.25) is 0 Å². The van der Waals surface area contributed by atoms with Crippen LogP contribution in [0.3, 0.4) is 0 Å². The molecular weight excluding hydrogens is 359 g/mol. The molecule has 0 spiro atoms. The molecule has 2 N–H and O–H groups in total. The monoisotopic (exact) mass is 378 g/mol. The van der Waals surface area contributed by atoms with E-state index in [0.29, 0.717) is 4.90 Å². The molecule has 0 saturated carbocycles. The van der Waals surface area contributed by atoms with E-state index in [4.69, 9.17) is 0 Å². The lowest BCUT2D eigenvalue weighted by Gasteiger charge is -2.09. The van der Waals surface area contributed by atoms with Gasteiger partial charge in [-0.15, -0.1) is 23.5 Å². The number of thioether (sulfide) groups is 2. The summed E-state index contributed by atoms with van der Waals surface area (Å²) in [4.78, 5) is 25.0. The van der Waals surface area contributed by atoms with Gasteiger partial charge in [0.05, 0.1) is 11.5 Å².